The molecule has 0 bridgehead atoms. The third-order valence-electron chi connectivity index (χ3n) is 2.32. The Hall–Kier alpha value is -2.27. The van der Waals surface area contributed by atoms with E-state index in [4.69, 9.17) is 4.74 Å². The molecule has 0 radical (unpaired) electrons. The summed E-state index contributed by atoms with van der Waals surface area (Å²) >= 11 is 0. The van der Waals surface area contributed by atoms with Gasteiger partial charge >= 0.3 is 0 Å². The lowest BCUT2D eigenvalue weighted by atomic mass is 10.2. The van der Waals surface area contributed by atoms with Gasteiger partial charge in [0, 0.05) is 5.69 Å². The Balaban J connectivity index is 2.33. The fourth-order valence-electron chi connectivity index (χ4n) is 1.49. The summed E-state index contributed by atoms with van der Waals surface area (Å²) in [7, 11) is 1.64. The lowest BCUT2D eigenvalue weighted by Gasteiger charge is -2.00. The van der Waals surface area contributed by atoms with Gasteiger partial charge in [-0.1, -0.05) is 24.1 Å². The van der Waals surface area contributed by atoms with E-state index in [1.165, 1.54) is 0 Å². The van der Waals surface area contributed by atoms with Crippen LogP contribution in [0.5, 0.6) is 5.75 Å². The standard InChI is InChI=1S/C15H13NO/c1-12-6-5-8-14(16-12)11-10-13-7-3-4-9-15(13)17-2/h3-9H,1-2H3. The molecule has 84 valence electrons. The highest BCUT2D eigenvalue weighted by molar-refractivity contribution is 5.48. The first-order valence-electron chi connectivity index (χ1n) is 5.38. The summed E-state index contributed by atoms with van der Waals surface area (Å²) in [6.45, 7) is 1.95. The fraction of sp³-hybridized carbons (Fsp3) is 0.133. The van der Waals surface area contributed by atoms with Crippen LogP contribution in [0.25, 0.3) is 0 Å². The van der Waals surface area contributed by atoms with Gasteiger partial charge in [0.05, 0.1) is 12.7 Å². The molecule has 0 saturated heterocycles. The summed E-state index contributed by atoms with van der Waals surface area (Å²) in [5.41, 5.74) is 2.62. The van der Waals surface area contributed by atoms with Gasteiger partial charge < -0.3 is 4.74 Å². The van der Waals surface area contributed by atoms with Crippen LogP contribution in [-0.4, -0.2) is 12.1 Å². The molecule has 0 atom stereocenters. The van der Waals surface area contributed by atoms with Gasteiger partial charge in [0.1, 0.15) is 11.4 Å². The molecule has 1 aromatic carbocycles. The highest BCUT2D eigenvalue weighted by atomic mass is 16.5. The summed E-state index contributed by atoms with van der Waals surface area (Å²) in [6, 6.07) is 13.5. The van der Waals surface area contributed by atoms with Crippen molar-refractivity contribution >= 4 is 0 Å². The maximum absolute atomic E-state index is 5.23. The van der Waals surface area contributed by atoms with Crippen LogP contribution in [-0.2, 0) is 0 Å². The number of hydrogen-bond acceptors (Lipinski definition) is 2. The Labute approximate surface area is 101 Å². The van der Waals surface area contributed by atoms with Gasteiger partial charge in [0.15, 0.2) is 0 Å². The largest absolute Gasteiger partial charge is 0.495 e. The molecular formula is C15H13NO. The summed E-state index contributed by atoms with van der Waals surface area (Å²) in [5, 5.41) is 0. The molecule has 2 rings (SSSR count). The topological polar surface area (TPSA) is 22.1 Å². The van der Waals surface area contributed by atoms with Gasteiger partial charge in [-0.3, -0.25) is 0 Å². The predicted octanol–water partition coefficient (Wildman–Crippen LogP) is 2.80. The number of aromatic nitrogens is 1. The van der Waals surface area contributed by atoms with Crippen molar-refractivity contribution in [2.45, 2.75) is 6.92 Å². The molecule has 0 aliphatic heterocycles. The smallest absolute Gasteiger partial charge is 0.134 e. The number of pyridine rings is 1. The predicted molar refractivity (Wildman–Crippen MR) is 67.9 cm³/mol. The Bertz CT molecular complexity index is 579. The minimum absolute atomic E-state index is 0.774. The first-order valence-corrected chi connectivity index (χ1v) is 5.38. The van der Waals surface area contributed by atoms with Crippen molar-refractivity contribution in [2.24, 2.45) is 0 Å². The summed E-state index contributed by atoms with van der Waals surface area (Å²) in [5.74, 6) is 6.89. The number of hydrogen-bond donors (Lipinski definition) is 0. The first kappa shape index (κ1) is 11.2. The van der Waals surface area contributed by atoms with Crippen molar-refractivity contribution in [3.05, 3.63) is 59.4 Å². The van der Waals surface area contributed by atoms with Gasteiger partial charge in [0.2, 0.25) is 0 Å². The summed E-state index contributed by atoms with van der Waals surface area (Å²) < 4.78 is 5.23. The van der Waals surface area contributed by atoms with E-state index >= 15 is 0 Å². The maximum atomic E-state index is 5.23. The molecule has 17 heavy (non-hydrogen) atoms. The van der Waals surface area contributed by atoms with Crippen LogP contribution in [0.3, 0.4) is 0 Å². The Morgan fingerprint density at radius 1 is 1.00 bits per heavy atom. The van der Waals surface area contributed by atoms with Crippen molar-refractivity contribution in [1.82, 2.24) is 4.98 Å². The number of rotatable bonds is 1. The highest BCUT2D eigenvalue weighted by Crippen LogP contribution is 2.15. The summed E-state index contributed by atoms with van der Waals surface area (Å²) in [6.07, 6.45) is 0. The molecule has 0 N–H and O–H groups in total. The Morgan fingerprint density at radius 2 is 1.82 bits per heavy atom. The van der Waals surface area contributed by atoms with Crippen LogP contribution >= 0.6 is 0 Å². The van der Waals surface area contributed by atoms with E-state index in [1.807, 2.05) is 49.4 Å². The minimum atomic E-state index is 0.774. The van der Waals surface area contributed by atoms with Crippen LogP contribution in [0.4, 0.5) is 0 Å². The van der Waals surface area contributed by atoms with Gasteiger partial charge in [0.25, 0.3) is 0 Å². The number of methoxy groups -OCH3 is 1. The van der Waals surface area contributed by atoms with Crippen molar-refractivity contribution in [2.75, 3.05) is 7.11 Å². The van der Waals surface area contributed by atoms with Gasteiger partial charge in [-0.15, -0.1) is 0 Å². The molecule has 1 heterocycles. The average molecular weight is 223 g/mol. The number of para-hydroxylation sites is 1. The van der Waals surface area contributed by atoms with E-state index in [0.717, 1.165) is 22.7 Å². The summed E-state index contributed by atoms with van der Waals surface area (Å²) in [4.78, 5) is 4.33. The molecule has 2 aromatic rings. The number of benzene rings is 1. The molecule has 0 spiro atoms. The molecule has 2 heteroatoms. The fourth-order valence-corrected chi connectivity index (χ4v) is 1.49. The molecule has 0 amide bonds. The lowest BCUT2D eigenvalue weighted by Crippen LogP contribution is -1.88. The van der Waals surface area contributed by atoms with Crippen molar-refractivity contribution in [3.8, 4) is 17.6 Å². The molecular weight excluding hydrogens is 210 g/mol. The van der Waals surface area contributed by atoms with Crippen LogP contribution in [0.1, 0.15) is 17.0 Å². The first-order chi connectivity index (χ1) is 8.29. The highest BCUT2D eigenvalue weighted by Gasteiger charge is 1.96. The van der Waals surface area contributed by atoms with Crippen molar-refractivity contribution < 1.29 is 4.74 Å². The van der Waals surface area contributed by atoms with E-state index < -0.39 is 0 Å². The molecule has 0 unspecified atom stereocenters. The normalized spacial score (nSPS) is 9.29. The third kappa shape index (κ3) is 2.85. The van der Waals surface area contributed by atoms with Crippen molar-refractivity contribution in [1.29, 1.82) is 0 Å². The van der Waals surface area contributed by atoms with E-state index in [9.17, 15) is 0 Å². The van der Waals surface area contributed by atoms with Crippen LogP contribution < -0.4 is 4.74 Å². The second-order valence-electron chi connectivity index (χ2n) is 3.61. The SMILES string of the molecule is COc1ccccc1C#Cc1cccc(C)n1. The van der Waals surface area contributed by atoms with E-state index in [2.05, 4.69) is 16.8 Å². The average Bonchev–Trinajstić information content (AvgIpc) is 2.37. The lowest BCUT2D eigenvalue weighted by molar-refractivity contribution is 0.413. The number of nitrogens with zero attached hydrogens (tertiary/aromatic N) is 1. The maximum Gasteiger partial charge on any atom is 0.134 e. The van der Waals surface area contributed by atoms with Crippen LogP contribution in [0.2, 0.25) is 0 Å². The Morgan fingerprint density at radius 3 is 2.59 bits per heavy atom. The molecule has 0 saturated carbocycles. The van der Waals surface area contributed by atoms with Crippen LogP contribution in [0, 0.1) is 18.8 Å². The zero-order chi connectivity index (χ0) is 12.1. The minimum Gasteiger partial charge on any atom is -0.495 e. The van der Waals surface area contributed by atoms with Gasteiger partial charge in [-0.25, -0.2) is 4.98 Å². The number of ether oxygens (including phenoxy) is 1. The van der Waals surface area contributed by atoms with Gasteiger partial charge in [-0.05, 0) is 37.1 Å². The van der Waals surface area contributed by atoms with Crippen molar-refractivity contribution in [3.63, 3.8) is 0 Å². The van der Waals surface area contributed by atoms with E-state index in [0.29, 0.717) is 0 Å². The van der Waals surface area contributed by atoms with E-state index in [1.54, 1.807) is 7.11 Å². The molecule has 0 aliphatic rings. The Kier molecular flexibility index (Phi) is 3.42. The molecule has 1 aromatic heterocycles. The second kappa shape index (κ2) is 5.18. The van der Waals surface area contributed by atoms with E-state index in [-0.39, 0.29) is 0 Å². The third-order valence-corrected chi connectivity index (χ3v) is 2.32. The molecule has 0 aliphatic carbocycles. The molecule has 2 nitrogen and oxygen atoms in total. The molecule has 0 fully saturated rings. The monoisotopic (exact) mass is 223 g/mol. The second-order valence-corrected chi connectivity index (χ2v) is 3.61. The zero-order valence-electron chi connectivity index (χ0n) is 9.90. The number of aryl methyl sites for hydroxylation is 1. The zero-order valence-corrected chi connectivity index (χ0v) is 9.90. The van der Waals surface area contributed by atoms with Gasteiger partial charge in [-0.2, -0.15) is 0 Å². The van der Waals surface area contributed by atoms with Crippen LogP contribution in [0.15, 0.2) is 42.5 Å². The quantitative estimate of drug-likeness (QED) is 0.693.